The van der Waals surface area contributed by atoms with Crippen molar-refractivity contribution < 1.29 is 4.79 Å². The topological polar surface area (TPSA) is 58.6 Å². The summed E-state index contributed by atoms with van der Waals surface area (Å²) in [6.07, 6.45) is 4.83. The van der Waals surface area contributed by atoms with Gasteiger partial charge in [-0.1, -0.05) is 18.2 Å². The molecule has 2 aromatic heterocycles. The van der Waals surface area contributed by atoms with Gasteiger partial charge in [0.2, 0.25) is 11.6 Å². The van der Waals surface area contributed by atoms with Gasteiger partial charge in [0, 0.05) is 29.5 Å². The van der Waals surface area contributed by atoms with Gasteiger partial charge in [0.15, 0.2) is 0 Å². The Hall–Kier alpha value is -2.49. The fourth-order valence-corrected chi connectivity index (χ4v) is 1.80. The second kappa shape index (κ2) is 3.83. The van der Waals surface area contributed by atoms with E-state index in [1.165, 1.54) is 0 Å². The number of fused-ring (bicyclic) bond motifs is 1. The molecule has 0 saturated carbocycles. The molecule has 0 atom stereocenters. The number of aromatic nitrogens is 3. The van der Waals surface area contributed by atoms with Crippen LogP contribution < -0.4 is 0 Å². The van der Waals surface area contributed by atoms with Gasteiger partial charge in [-0.25, -0.2) is 9.97 Å². The molecule has 17 heavy (non-hydrogen) atoms. The molecule has 0 bridgehead atoms. The van der Waals surface area contributed by atoms with Gasteiger partial charge in [0.25, 0.3) is 0 Å². The molecule has 2 heterocycles. The van der Waals surface area contributed by atoms with Crippen LogP contribution in [0.3, 0.4) is 0 Å². The molecular weight excluding hydrogens is 214 g/mol. The van der Waals surface area contributed by atoms with Gasteiger partial charge in [0.1, 0.15) is 0 Å². The van der Waals surface area contributed by atoms with Gasteiger partial charge >= 0.3 is 0 Å². The quantitative estimate of drug-likeness (QED) is 0.677. The van der Waals surface area contributed by atoms with E-state index in [0.717, 1.165) is 10.9 Å². The van der Waals surface area contributed by atoms with E-state index in [4.69, 9.17) is 0 Å². The van der Waals surface area contributed by atoms with Crippen molar-refractivity contribution in [3.63, 3.8) is 0 Å². The predicted octanol–water partition coefficient (Wildman–Crippen LogP) is 2.19. The zero-order valence-electron chi connectivity index (χ0n) is 8.92. The summed E-state index contributed by atoms with van der Waals surface area (Å²) in [5, 5.41) is 0.893. The minimum Gasteiger partial charge on any atom is -0.360 e. The largest absolute Gasteiger partial charge is 0.360 e. The summed E-state index contributed by atoms with van der Waals surface area (Å²) in [5.41, 5.74) is 1.54. The normalized spacial score (nSPS) is 10.6. The second-order valence-corrected chi connectivity index (χ2v) is 3.65. The van der Waals surface area contributed by atoms with Crippen LogP contribution in [0.25, 0.3) is 10.9 Å². The van der Waals surface area contributed by atoms with Crippen LogP contribution in [0.15, 0.2) is 48.9 Å². The number of para-hydroxylation sites is 1. The van der Waals surface area contributed by atoms with Gasteiger partial charge in [-0.15, -0.1) is 0 Å². The van der Waals surface area contributed by atoms with Crippen LogP contribution in [0, 0.1) is 0 Å². The molecular formula is C13H9N3O. The number of H-pyrrole nitrogens is 1. The number of carbonyl (C=O) groups is 1. The number of benzene rings is 1. The summed E-state index contributed by atoms with van der Waals surface area (Å²) in [4.78, 5) is 23.2. The number of nitrogens with one attached hydrogen (secondary N) is 1. The first kappa shape index (κ1) is 9.72. The number of hydrogen-bond acceptors (Lipinski definition) is 3. The van der Waals surface area contributed by atoms with Crippen molar-refractivity contribution in [2.75, 3.05) is 0 Å². The molecule has 4 nitrogen and oxygen atoms in total. The third-order valence-electron chi connectivity index (χ3n) is 2.60. The van der Waals surface area contributed by atoms with Crippen LogP contribution in [0.5, 0.6) is 0 Å². The number of aromatic amines is 1. The van der Waals surface area contributed by atoms with Gasteiger partial charge < -0.3 is 4.98 Å². The molecule has 3 rings (SSSR count). The molecule has 0 fully saturated rings. The minimum absolute atomic E-state index is 0.164. The van der Waals surface area contributed by atoms with E-state index in [1.807, 2.05) is 24.3 Å². The standard InChI is InChI=1S/C13H9N3O/c17-12(13-14-6-3-7-15-13)10-8-16-11-5-2-1-4-9(10)11/h1-8,16H. The van der Waals surface area contributed by atoms with Crippen LogP contribution in [0.2, 0.25) is 0 Å². The summed E-state index contributed by atoms with van der Waals surface area (Å²) in [6.45, 7) is 0. The molecule has 1 N–H and O–H groups in total. The van der Waals surface area contributed by atoms with Crippen molar-refractivity contribution in [2.24, 2.45) is 0 Å². The first-order valence-corrected chi connectivity index (χ1v) is 5.24. The smallest absolute Gasteiger partial charge is 0.232 e. The highest BCUT2D eigenvalue weighted by Gasteiger charge is 2.15. The summed E-state index contributed by atoms with van der Waals surface area (Å²) < 4.78 is 0. The third kappa shape index (κ3) is 1.59. The SMILES string of the molecule is O=C(c1ncccn1)c1c[nH]c2ccccc12. The van der Waals surface area contributed by atoms with E-state index in [0.29, 0.717) is 5.56 Å². The highest BCUT2D eigenvalue weighted by Crippen LogP contribution is 2.19. The monoisotopic (exact) mass is 223 g/mol. The first-order chi connectivity index (χ1) is 8.36. The number of carbonyl (C=O) groups excluding carboxylic acids is 1. The average Bonchev–Trinajstić information content (AvgIpc) is 2.83. The van der Waals surface area contributed by atoms with Crippen molar-refractivity contribution in [2.45, 2.75) is 0 Å². The van der Waals surface area contributed by atoms with Crippen molar-refractivity contribution in [1.29, 1.82) is 0 Å². The Morgan fingerprint density at radius 1 is 1.06 bits per heavy atom. The van der Waals surface area contributed by atoms with Gasteiger partial charge in [-0.2, -0.15) is 0 Å². The second-order valence-electron chi connectivity index (χ2n) is 3.65. The Bertz CT molecular complexity index is 673. The lowest BCUT2D eigenvalue weighted by Gasteiger charge is -1.96. The molecule has 0 unspecified atom stereocenters. The highest BCUT2D eigenvalue weighted by atomic mass is 16.1. The van der Waals surface area contributed by atoms with E-state index >= 15 is 0 Å². The molecule has 0 aliphatic carbocycles. The Morgan fingerprint density at radius 3 is 2.65 bits per heavy atom. The van der Waals surface area contributed by atoms with E-state index in [9.17, 15) is 4.79 Å². The summed E-state index contributed by atoms with van der Waals surface area (Å²) in [6, 6.07) is 9.34. The van der Waals surface area contributed by atoms with E-state index in [-0.39, 0.29) is 11.6 Å². The maximum atomic E-state index is 12.2. The summed E-state index contributed by atoms with van der Waals surface area (Å²) in [5.74, 6) is 0.0558. The van der Waals surface area contributed by atoms with Gasteiger partial charge in [-0.05, 0) is 12.1 Å². The predicted molar refractivity (Wildman–Crippen MR) is 63.8 cm³/mol. The Kier molecular flexibility index (Phi) is 2.19. The lowest BCUT2D eigenvalue weighted by atomic mass is 10.1. The maximum absolute atomic E-state index is 12.2. The number of ketones is 1. The van der Waals surface area contributed by atoms with Crippen LogP contribution in [0.4, 0.5) is 0 Å². The minimum atomic E-state index is -0.164. The van der Waals surface area contributed by atoms with Crippen LogP contribution in [-0.2, 0) is 0 Å². The number of nitrogens with zero attached hydrogens (tertiary/aromatic N) is 2. The molecule has 0 spiro atoms. The fourth-order valence-electron chi connectivity index (χ4n) is 1.80. The van der Waals surface area contributed by atoms with Crippen molar-refractivity contribution in [1.82, 2.24) is 15.0 Å². The molecule has 0 aliphatic rings. The van der Waals surface area contributed by atoms with Crippen molar-refractivity contribution >= 4 is 16.7 Å². The molecule has 0 aliphatic heterocycles. The Balaban J connectivity index is 2.14. The first-order valence-electron chi connectivity index (χ1n) is 5.24. The zero-order valence-corrected chi connectivity index (χ0v) is 8.92. The van der Waals surface area contributed by atoms with Crippen LogP contribution in [0.1, 0.15) is 16.2 Å². The molecule has 0 amide bonds. The third-order valence-corrected chi connectivity index (χ3v) is 2.60. The van der Waals surface area contributed by atoms with E-state index in [2.05, 4.69) is 15.0 Å². The highest BCUT2D eigenvalue weighted by molar-refractivity contribution is 6.14. The summed E-state index contributed by atoms with van der Waals surface area (Å²) in [7, 11) is 0. The van der Waals surface area contributed by atoms with Gasteiger partial charge in [0.05, 0.1) is 5.56 Å². The fraction of sp³-hybridized carbons (Fsp3) is 0. The average molecular weight is 223 g/mol. The number of rotatable bonds is 2. The Morgan fingerprint density at radius 2 is 1.82 bits per heavy atom. The number of hydrogen-bond donors (Lipinski definition) is 1. The van der Waals surface area contributed by atoms with Crippen molar-refractivity contribution in [3.05, 3.63) is 60.3 Å². The lowest BCUT2D eigenvalue weighted by molar-refractivity contribution is 0.103. The van der Waals surface area contributed by atoms with Gasteiger partial charge in [-0.3, -0.25) is 4.79 Å². The zero-order chi connectivity index (χ0) is 11.7. The van der Waals surface area contributed by atoms with E-state index in [1.54, 1.807) is 24.7 Å². The molecule has 3 aromatic rings. The molecule has 4 heteroatoms. The molecule has 0 radical (unpaired) electrons. The molecule has 0 saturated heterocycles. The molecule has 1 aromatic carbocycles. The van der Waals surface area contributed by atoms with Crippen LogP contribution >= 0.6 is 0 Å². The van der Waals surface area contributed by atoms with Crippen molar-refractivity contribution in [3.8, 4) is 0 Å². The Labute approximate surface area is 97.3 Å². The van der Waals surface area contributed by atoms with E-state index < -0.39 is 0 Å². The lowest BCUT2D eigenvalue weighted by Crippen LogP contribution is -2.05. The maximum Gasteiger partial charge on any atom is 0.232 e. The van der Waals surface area contributed by atoms with Crippen LogP contribution in [-0.4, -0.2) is 20.7 Å². The molecule has 82 valence electrons. The summed E-state index contributed by atoms with van der Waals surface area (Å²) >= 11 is 0.